The lowest BCUT2D eigenvalue weighted by atomic mass is 9.96. The van der Waals surface area contributed by atoms with Crippen LogP contribution in [0.3, 0.4) is 0 Å². The molecule has 0 spiro atoms. The van der Waals surface area contributed by atoms with Gasteiger partial charge in [-0.3, -0.25) is 9.78 Å². The summed E-state index contributed by atoms with van der Waals surface area (Å²) in [6.45, 7) is 6.43. The normalized spacial score (nSPS) is 13.4. The maximum absolute atomic E-state index is 12.9. The van der Waals surface area contributed by atoms with Crippen LogP contribution < -0.4 is 10.1 Å². The van der Waals surface area contributed by atoms with Gasteiger partial charge >= 0.3 is 0 Å². The first kappa shape index (κ1) is 19.2. The van der Waals surface area contributed by atoms with Crippen molar-refractivity contribution in [3.05, 3.63) is 30.5 Å². The summed E-state index contributed by atoms with van der Waals surface area (Å²) in [5.74, 6) is 0.560. The van der Waals surface area contributed by atoms with Gasteiger partial charge in [0.25, 0.3) is 5.91 Å². The predicted octanol–water partition coefficient (Wildman–Crippen LogP) is 4.56. The van der Waals surface area contributed by atoms with Crippen molar-refractivity contribution < 1.29 is 14.3 Å². The minimum atomic E-state index is -0.835. The van der Waals surface area contributed by atoms with Gasteiger partial charge in [0.1, 0.15) is 16.9 Å². The number of pyridine rings is 1. The van der Waals surface area contributed by atoms with Crippen molar-refractivity contribution in [3.8, 4) is 5.75 Å². The number of carbonyl (C=O) groups excluding carboxylic acids is 1. The average Bonchev–Trinajstić information content (AvgIpc) is 2.62. The molecule has 0 aliphatic carbocycles. The van der Waals surface area contributed by atoms with E-state index in [0.717, 1.165) is 35.9 Å². The van der Waals surface area contributed by atoms with Crippen LogP contribution in [0.4, 0.5) is 5.69 Å². The topological polar surface area (TPSA) is 60.5 Å². The average molecular weight is 344 g/mol. The quantitative estimate of drug-likeness (QED) is 0.678. The second-order valence-corrected chi connectivity index (χ2v) is 6.29. The van der Waals surface area contributed by atoms with E-state index in [9.17, 15) is 4.79 Å². The fourth-order valence-corrected chi connectivity index (χ4v) is 2.96. The number of carbonyl (C=O) groups is 1. The summed E-state index contributed by atoms with van der Waals surface area (Å²) in [5, 5.41) is 3.88. The molecule has 0 unspecified atom stereocenters. The molecule has 1 heterocycles. The van der Waals surface area contributed by atoms with E-state index in [4.69, 9.17) is 9.47 Å². The highest BCUT2D eigenvalue weighted by Crippen LogP contribution is 2.31. The Morgan fingerprint density at radius 3 is 2.72 bits per heavy atom. The number of nitrogens with one attached hydrogen (secondary N) is 1. The zero-order valence-corrected chi connectivity index (χ0v) is 15.6. The highest BCUT2D eigenvalue weighted by molar-refractivity contribution is 6.05. The third-order valence-corrected chi connectivity index (χ3v) is 4.40. The number of methoxy groups -OCH3 is 1. The van der Waals surface area contributed by atoms with Crippen LogP contribution >= 0.6 is 0 Å². The van der Waals surface area contributed by atoms with E-state index in [1.165, 1.54) is 0 Å². The number of ether oxygens (including phenoxy) is 2. The van der Waals surface area contributed by atoms with Crippen molar-refractivity contribution in [2.75, 3.05) is 19.0 Å². The van der Waals surface area contributed by atoms with Crippen LogP contribution in [0, 0.1) is 0 Å². The molecule has 25 heavy (non-hydrogen) atoms. The number of hydrogen-bond donors (Lipinski definition) is 1. The molecule has 2 rings (SSSR count). The Labute approximate surface area is 149 Å². The summed E-state index contributed by atoms with van der Waals surface area (Å²) in [6, 6.07) is 7.44. The first-order chi connectivity index (χ1) is 12.1. The van der Waals surface area contributed by atoms with Crippen LogP contribution in [0.2, 0.25) is 0 Å². The third-order valence-electron chi connectivity index (χ3n) is 4.40. The van der Waals surface area contributed by atoms with Crippen LogP contribution in [0.1, 0.15) is 46.5 Å². The lowest BCUT2D eigenvalue weighted by molar-refractivity contribution is -0.139. The summed E-state index contributed by atoms with van der Waals surface area (Å²) in [7, 11) is 1.61. The molecule has 1 N–H and O–H groups in total. The molecule has 1 aromatic carbocycles. The number of unbranched alkanes of at least 4 members (excludes halogenated alkanes) is 2. The molecule has 1 aromatic heterocycles. The number of hydrogen-bond acceptors (Lipinski definition) is 4. The van der Waals surface area contributed by atoms with Gasteiger partial charge in [-0.2, -0.15) is 0 Å². The standard InChI is InChI=1S/C20H28N2O3/c1-5-7-8-13-20(3,25-6-2)19(23)22-16-11-12-17(24-4)18-15(16)10-9-14-21-18/h9-12,14H,5-8,13H2,1-4H3,(H,22,23)/t20-/m1/s1. The zero-order valence-electron chi connectivity index (χ0n) is 15.6. The van der Waals surface area contributed by atoms with Gasteiger partial charge in [-0.15, -0.1) is 0 Å². The van der Waals surface area contributed by atoms with E-state index >= 15 is 0 Å². The summed E-state index contributed by atoms with van der Waals surface area (Å²) in [5.41, 5.74) is 0.612. The van der Waals surface area contributed by atoms with Crippen LogP contribution in [-0.4, -0.2) is 30.2 Å². The first-order valence-electron chi connectivity index (χ1n) is 8.92. The Morgan fingerprint density at radius 1 is 1.24 bits per heavy atom. The largest absolute Gasteiger partial charge is 0.494 e. The molecule has 136 valence electrons. The van der Waals surface area contributed by atoms with Gasteiger partial charge in [-0.1, -0.05) is 26.2 Å². The van der Waals surface area contributed by atoms with Crippen LogP contribution in [0.25, 0.3) is 10.9 Å². The number of benzene rings is 1. The molecular formula is C20H28N2O3. The smallest absolute Gasteiger partial charge is 0.256 e. The fraction of sp³-hybridized carbons (Fsp3) is 0.500. The Hall–Kier alpha value is -2.14. The molecule has 0 aliphatic heterocycles. The number of fused-ring (bicyclic) bond motifs is 1. The molecule has 0 saturated heterocycles. The molecule has 1 atom stereocenters. The molecule has 0 radical (unpaired) electrons. The molecule has 0 bridgehead atoms. The van der Waals surface area contributed by atoms with Gasteiger partial charge < -0.3 is 14.8 Å². The lowest BCUT2D eigenvalue weighted by Crippen LogP contribution is -2.42. The Bertz CT molecular complexity index is 717. The summed E-state index contributed by atoms with van der Waals surface area (Å²) < 4.78 is 11.2. The molecule has 0 fully saturated rings. The number of amides is 1. The van der Waals surface area contributed by atoms with Crippen molar-refractivity contribution in [2.24, 2.45) is 0 Å². The van der Waals surface area contributed by atoms with Gasteiger partial charge in [-0.25, -0.2) is 0 Å². The monoisotopic (exact) mass is 344 g/mol. The Kier molecular flexibility index (Phi) is 6.76. The SMILES string of the molecule is CCCCC[C@@](C)(OCC)C(=O)Nc1ccc(OC)c2ncccc12. The van der Waals surface area contributed by atoms with Crippen LogP contribution in [0.15, 0.2) is 30.5 Å². The fourth-order valence-electron chi connectivity index (χ4n) is 2.96. The van der Waals surface area contributed by atoms with E-state index in [0.29, 0.717) is 18.8 Å². The van der Waals surface area contributed by atoms with Gasteiger partial charge in [0.15, 0.2) is 0 Å². The highest BCUT2D eigenvalue weighted by atomic mass is 16.5. The second-order valence-electron chi connectivity index (χ2n) is 6.29. The molecule has 0 saturated carbocycles. The number of anilines is 1. The van der Waals surface area contributed by atoms with Crippen molar-refractivity contribution in [3.63, 3.8) is 0 Å². The molecule has 0 aliphatic rings. The van der Waals surface area contributed by atoms with Crippen LogP contribution in [0.5, 0.6) is 5.75 Å². The summed E-state index contributed by atoms with van der Waals surface area (Å²) in [4.78, 5) is 17.3. The summed E-state index contributed by atoms with van der Waals surface area (Å²) in [6.07, 6.45) is 5.58. The third kappa shape index (κ3) is 4.48. The van der Waals surface area contributed by atoms with Crippen LogP contribution in [-0.2, 0) is 9.53 Å². The maximum atomic E-state index is 12.9. The number of nitrogens with zero attached hydrogens (tertiary/aromatic N) is 1. The summed E-state index contributed by atoms with van der Waals surface area (Å²) >= 11 is 0. The molecule has 5 heteroatoms. The molecule has 5 nitrogen and oxygen atoms in total. The lowest BCUT2D eigenvalue weighted by Gasteiger charge is -2.28. The van der Waals surface area contributed by atoms with E-state index in [2.05, 4.69) is 17.2 Å². The van der Waals surface area contributed by atoms with E-state index in [1.54, 1.807) is 13.3 Å². The van der Waals surface area contributed by atoms with Gasteiger partial charge in [0, 0.05) is 18.2 Å². The number of aromatic nitrogens is 1. The minimum Gasteiger partial charge on any atom is -0.494 e. The van der Waals surface area contributed by atoms with E-state index in [-0.39, 0.29) is 5.91 Å². The second kappa shape index (κ2) is 8.81. The Morgan fingerprint density at radius 2 is 2.04 bits per heavy atom. The van der Waals surface area contributed by atoms with Crippen molar-refractivity contribution in [1.29, 1.82) is 0 Å². The predicted molar refractivity (Wildman–Crippen MR) is 101 cm³/mol. The zero-order chi connectivity index (χ0) is 18.3. The van der Waals surface area contributed by atoms with Crippen molar-refractivity contribution >= 4 is 22.5 Å². The van der Waals surface area contributed by atoms with Gasteiger partial charge in [-0.05, 0) is 44.5 Å². The Balaban J connectivity index is 2.27. The first-order valence-corrected chi connectivity index (χ1v) is 8.92. The van der Waals surface area contributed by atoms with Crippen molar-refractivity contribution in [1.82, 2.24) is 4.98 Å². The minimum absolute atomic E-state index is 0.124. The maximum Gasteiger partial charge on any atom is 0.256 e. The highest BCUT2D eigenvalue weighted by Gasteiger charge is 2.33. The van der Waals surface area contributed by atoms with Gasteiger partial charge in [0.2, 0.25) is 0 Å². The molecule has 2 aromatic rings. The molecule has 1 amide bonds. The van der Waals surface area contributed by atoms with Gasteiger partial charge in [0.05, 0.1) is 12.8 Å². The van der Waals surface area contributed by atoms with E-state index in [1.807, 2.05) is 38.1 Å². The van der Waals surface area contributed by atoms with E-state index < -0.39 is 5.60 Å². The van der Waals surface area contributed by atoms with Crippen molar-refractivity contribution in [2.45, 2.75) is 52.1 Å². The molecular weight excluding hydrogens is 316 g/mol. The number of rotatable bonds is 9.